The van der Waals surface area contributed by atoms with Crippen molar-refractivity contribution in [2.24, 2.45) is 0 Å². The van der Waals surface area contributed by atoms with Gasteiger partial charge in [0.2, 0.25) is 0 Å². The molecule has 0 radical (unpaired) electrons. The molecule has 18 heavy (non-hydrogen) atoms. The molecule has 0 aromatic heterocycles. The maximum Gasteiger partial charge on any atom is 0.307 e. The molecular weight excluding hydrogens is 238 g/mol. The SMILES string of the molecule is COC(=O)CCN(CCCO)C(=O)C1CCCO1. The quantitative estimate of drug-likeness (QED) is 0.648. The number of carbonyl (C=O) groups is 2. The number of aliphatic hydroxyl groups is 1. The molecule has 6 heteroatoms. The van der Waals surface area contributed by atoms with Crippen molar-refractivity contribution >= 4 is 11.9 Å². The van der Waals surface area contributed by atoms with Gasteiger partial charge in [0.1, 0.15) is 6.10 Å². The molecular formula is C12H21NO5. The number of nitrogens with zero attached hydrogens (tertiary/aromatic N) is 1. The predicted octanol–water partition coefficient (Wildman–Crippen LogP) is -0.0605. The van der Waals surface area contributed by atoms with Crippen LogP contribution < -0.4 is 0 Å². The average Bonchev–Trinajstić information content (AvgIpc) is 2.91. The first-order valence-corrected chi connectivity index (χ1v) is 6.27. The lowest BCUT2D eigenvalue weighted by Gasteiger charge is -2.24. The third-order valence-corrected chi connectivity index (χ3v) is 2.92. The minimum Gasteiger partial charge on any atom is -0.469 e. The van der Waals surface area contributed by atoms with Crippen LogP contribution in [0, 0.1) is 0 Å². The number of rotatable bonds is 7. The fourth-order valence-corrected chi connectivity index (χ4v) is 1.90. The van der Waals surface area contributed by atoms with E-state index in [9.17, 15) is 9.59 Å². The topological polar surface area (TPSA) is 76.1 Å². The summed E-state index contributed by atoms with van der Waals surface area (Å²) >= 11 is 0. The minimum absolute atomic E-state index is 0.0214. The Morgan fingerprint density at radius 1 is 1.44 bits per heavy atom. The van der Waals surface area contributed by atoms with Crippen LogP contribution in [0.2, 0.25) is 0 Å². The zero-order valence-corrected chi connectivity index (χ0v) is 10.8. The van der Waals surface area contributed by atoms with Gasteiger partial charge in [-0.25, -0.2) is 0 Å². The molecule has 0 saturated carbocycles. The maximum atomic E-state index is 12.1. The van der Waals surface area contributed by atoms with Gasteiger partial charge in [-0.1, -0.05) is 0 Å². The summed E-state index contributed by atoms with van der Waals surface area (Å²) in [4.78, 5) is 24.8. The monoisotopic (exact) mass is 259 g/mol. The second-order valence-corrected chi connectivity index (χ2v) is 4.23. The number of ether oxygens (including phenoxy) is 2. The Bertz CT molecular complexity index is 276. The summed E-state index contributed by atoms with van der Waals surface area (Å²) in [5.41, 5.74) is 0. The summed E-state index contributed by atoms with van der Waals surface area (Å²) in [7, 11) is 1.32. The molecule has 0 bridgehead atoms. The number of hydrogen-bond acceptors (Lipinski definition) is 5. The van der Waals surface area contributed by atoms with Gasteiger partial charge in [0, 0.05) is 26.3 Å². The minimum atomic E-state index is -0.388. The fraction of sp³-hybridized carbons (Fsp3) is 0.833. The summed E-state index contributed by atoms with van der Waals surface area (Å²) in [5.74, 6) is -0.436. The van der Waals surface area contributed by atoms with E-state index in [1.165, 1.54) is 7.11 Å². The van der Waals surface area contributed by atoms with Gasteiger partial charge < -0.3 is 19.5 Å². The number of hydrogen-bond donors (Lipinski definition) is 1. The largest absolute Gasteiger partial charge is 0.469 e. The van der Waals surface area contributed by atoms with Crippen LogP contribution in [-0.2, 0) is 19.1 Å². The highest BCUT2D eigenvalue weighted by Crippen LogP contribution is 2.15. The van der Waals surface area contributed by atoms with E-state index in [1.807, 2.05) is 0 Å². The standard InChI is InChI=1S/C12H21NO5/c1-17-11(15)5-7-13(6-3-8-14)12(16)10-4-2-9-18-10/h10,14H,2-9H2,1H3. The lowest BCUT2D eigenvalue weighted by Crippen LogP contribution is -2.41. The Hall–Kier alpha value is -1.14. The van der Waals surface area contributed by atoms with Crippen LogP contribution in [0.1, 0.15) is 25.7 Å². The van der Waals surface area contributed by atoms with Crippen molar-refractivity contribution in [2.45, 2.75) is 31.8 Å². The first kappa shape index (κ1) is 14.9. The third kappa shape index (κ3) is 4.62. The van der Waals surface area contributed by atoms with Crippen molar-refractivity contribution in [1.29, 1.82) is 0 Å². The molecule has 0 spiro atoms. The Morgan fingerprint density at radius 2 is 2.22 bits per heavy atom. The van der Waals surface area contributed by atoms with Crippen molar-refractivity contribution in [3.63, 3.8) is 0 Å². The molecule has 6 nitrogen and oxygen atoms in total. The summed E-state index contributed by atoms with van der Waals surface area (Å²) in [5, 5.41) is 8.82. The van der Waals surface area contributed by atoms with Crippen LogP contribution in [0.5, 0.6) is 0 Å². The zero-order chi connectivity index (χ0) is 13.4. The third-order valence-electron chi connectivity index (χ3n) is 2.92. The summed E-state index contributed by atoms with van der Waals surface area (Å²) in [6, 6.07) is 0. The van der Waals surface area contributed by atoms with Crippen molar-refractivity contribution in [1.82, 2.24) is 4.90 Å². The normalized spacial score (nSPS) is 18.7. The van der Waals surface area contributed by atoms with E-state index in [4.69, 9.17) is 9.84 Å². The first-order chi connectivity index (χ1) is 8.69. The van der Waals surface area contributed by atoms with Gasteiger partial charge in [0.25, 0.3) is 5.91 Å². The van der Waals surface area contributed by atoms with Crippen LogP contribution in [0.25, 0.3) is 0 Å². The number of aliphatic hydroxyl groups excluding tert-OH is 1. The molecule has 0 aromatic rings. The Labute approximate surface area is 107 Å². The van der Waals surface area contributed by atoms with Crippen LogP contribution in [0.15, 0.2) is 0 Å². The lowest BCUT2D eigenvalue weighted by atomic mass is 10.2. The smallest absolute Gasteiger partial charge is 0.307 e. The number of amides is 1. The number of esters is 1. The Balaban J connectivity index is 2.47. The molecule has 0 aromatic carbocycles. The van der Waals surface area contributed by atoms with Gasteiger partial charge in [-0.15, -0.1) is 0 Å². The highest BCUT2D eigenvalue weighted by molar-refractivity contribution is 5.81. The molecule has 0 aliphatic carbocycles. The summed E-state index contributed by atoms with van der Waals surface area (Å²) in [6.45, 7) is 1.38. The van der Waals surface area contributed by atoms with Gasteiger partial charge in [0.05, 0.1) is 13.5 Å². The zero-order valence-electron chi connectivity index (χ0n) is 10.8. The van der Waals surface area contributed by atoms with Crippen molar-refractivity contribution in [3.8, 4) is 0 Å². The molecule has 1 aliphatic rings. The van der Waals surface area contributed by atoms with Gasteiger partial charge in [-0.2, -0.15) is 0 Å². The van der Waals surface area contributed by atoms with Crippen LogP contribution in [0.4, 0.5) is 0 Å². The first-order valence-electron chi connectivity index (χ1n) is 6.27. The van der Waals surface area contributed by atoms with Crippen LogP contribution in [-0.4, -0.2) is 61.4 Å². The van der Waals surface area contributed by atoms with Gasteiger partial charge in [0.15, 0.2) is 0 Å². The second kappa shape index (κ2) is 8.05. The van der Waals surface area contributed by atoms with E-state index in [0.29, 0.717) is 26.1 Å². The fourth-order valence-electron chi connectivity index (χ4n) is 1.90. The van der Waals surface area contributed by atoms with E-state index in [0.717, 1.165) is 12.8 Å². The average molecular weight is 259 g/mol. The van der Waals surface area contributed by atoms with E-state index in [-0.39, 0.29) is 31.0 Å². The van der Waals surface area contributed by atoms with Crippen molar-refractivity contribution in [2.75, 3.05) is 33.4 Å². The van der Waals surface area contributed by atoms with E-state index in [1.54, 1.807) is 4.90 Å². The van der Waals surface area contributed by atoms with E-state index >= 15 is 0 Å². The molecule has 1 saturated heterocycles. The molecule has 1 rings (SSSR count). The van der Waals surface area contributed by atoms with Gasteiger partial charge >= 0.3 is 5.97 Å². The number of carbonyl (C=O) groups excluding carboxylic acids is 2. The molecule has 1 amide bonds. The van der Waals surface area contributed by atoms with Crippen molar-refractivity contribution in [3.05, 3.63) is 0 Å². The highest BCUT2D eigenvalue weighted by Gasteiger charge is 2.28. The summed E-state index contributed by atoms with van der Waals surface area (Å²) < 4.78 is 9.89. The second-order valence-electron chi connectivity index (χ2n) is 4.23. The molecule has 1 fully saturated rings. The molecule has 1 aliphatic heterocycles. The molecule has 1 unspecified atom stereocenters. The van der Waals surface area contributed by atoms with Crippen LogP contribution >= 0.6 is 0 Å². The van der Waals surface area contributed by atoms with E-state index < -0.39 is 0 Å². The molecule has 1 heterocycles. The van der Waals surface area contributed by atoms with Gasteiger partial charge in [-0.3, -0.25) is 9.59 Å². The predicted molar refractivity (Wildman–Crippen MR) is 63.9 cm³/mol. The molecule has 1 N–H and O–H groups in total. The van der Waals surface area contributed by atoms with Crippen LogP contribution in [0.3, 0.4) is 0 Å². The number of methoxy groups -OCH3 is 1. The molecule has 104 valence electrons. The van der Waals surface area contributed by atoms with E-state index in [2.05, 4.69) is 4.74 Å². The molecule has 1 atom stereocenters. The lowest BCUT2D eigenvalue weighted by molar-refractivity contribution is -0.144. The highest BCUT2D eigenvalue weighted by atomic mass is 16.5. The maximum absolute atomic E-state index is 12.1. The summed E-state index contributed by atoms with van der Waals surface area (Å²) in [6.07, 6.45) is 1.90. The van der Waals surface area contributed by atoms with Crippen molar-refractivity contribution < 1.29 is 24.2 Å². The Morgan fingerprint density at radius 3 is 2.78 bits per heavy atom. The van der Waals surface area contributed by atoms with Gasteiger partial charge in [-0.05, 0) is 19.3 Å². The Kier molecular flexibility index (Phi) is 6.67.